The van der Waals surface area contributed by atoms with Gasteiger partial charge in [0.2, 0.25) is 0 Å². The van der Waals surface area contributed by atoms with Crippen LogP contribution in [-0.2, 0) is 4.79 Å². The van der Waals surface area contributed by atoms with Gasteiger partial charge in [0, 0.05) is 6.04 Å². The van der Waals surface area contributed by atoms with E-state index in [9.17, 15) is 9.90 Å². The average Bonchev–Trinajstić information content (AvgIpc) is 3.09. The molecule has 17 heavy (non-hydrogen) atoms. The second-order valence-electron chi connectivity index (χ2n) is 4.96. The summed E-state index contributed by atoms with van der Waals surface area (Å²) in [6.07, 6.45) is 2.06. The lowest BCUT2D eigenvalue weighted by Crippen LogP contribution is -2.40. The van der Waals surface area contributed by atoms with E-state index in [-0.39, 0.29) is 6.04 Å². The first-order valence-corrected chi connectivity index (χ1v) is 6.13. The average molecular weight is 233 g/mol. The van der Waals surface area contributed by atoms with Crippen LogP contribution in [0, 0.1) is 12.8 Å². The molecule has 0 amide bonds. The minimum atomic E-state index is -0.730. The lowest BCUT2D eigenvalue weighted by atomic mass is 10.0. The molecule has 0 heterocycles. The normalized spacial score (nSPS) is 18.7. The van der Waals surface area contributed by atoms with E-state index in [0.717, 1.165) is 18.4 Å². The van der Waals surface area contributed by atoms with Crippen LogP contribution in [0.4, 0.5) is 0 Å². The largest absolute Gasteiger partial charge is 0.480 e. The van der Waals surface area contributed by atoms with Crippen molar-refractivity contribution in [2.45, 2.75) is 38.8 Å². The Morgan fingerprint density at radius 3 is 2.71 bits per heavy atom. The maximum absolute atomic E-state index is 11.2. The molecule has 0 aromatic heterocycles. The van der Waals surface area contributed by atoms with Gasteiger partial charge in [-0.1, -0.05) is 29.8 Å². The molecule has 0 aliphatic heterocycles. The Bertz CT molecular complexity index is 412. The van der Waals surface area contributed by atoms with E-state index in [1.54, 1.807) is 0 Å². The van der Waals surface area contributed by atoms with Crippen molar-refractivity contribution < 1.29 is 9.90 Å². The van der Waals surface area contributed by atoms with Gasteiger partial charge in [-0.15, -0.1) is 0 Å². The molecular weight excluding hydrogens is 214 g/mol. The Balaban J connectivity index is 2.04. The van der Waals surface area contributed by atoms with Crippen LogP contribution in [0.25, 0.3) is 0 Å². The highest BCUT2D eigenvalue weighted by molar-refractivity contribution is 5.74. The third-order valence-corrected chi connectivity index (χ3v) is 3.33. The number of carboxylic acids is 1. The summed E-state index contributed by atoms with van der Waals surface area (Å²) in [7, 11) is 0. The number of benzene rings is 1. The highest BCUT2D eigenvalue weighted by atomic mass is 16.4. The molecule has 1 aliphatic rings. The van der Waals surface area contributed by atoms with Crippen LogP contribution in [0.15, 0.2) is 24.3 Å². The predicted molar refractivity (Wildman–Crippen MR) is 66.9 cm³/mol. The first-order valence-electron chi connectivity index (χ1n) is 6.13. The maximum Gasteiger partial charge on any atom is 0.320 e. The summed E-state index contributed by atoms with van der Waals surface area (Å²) in [5, 5.41) is 12.4. The van der Waals surface area contributed by atoms with Crippen LogP contribution in [0.1, 0.15) is 36.9 Å². The molecule has 0 radical (unpaired) electrons. The van der Waals surface area contributed by atoms with Crippen molar-refractivity contribution in [3.63, 3.8) is 0 Å². The second kappa shape index (κ2) is 4.88. The minimum absolute atomic E-state index is 0.0802. The van der Waals surface area contributed by atoms with Gasteiger partial charge in [0.25, 0.3) is 0 Å². The number of aryl methyl sites for hydroxylation is 1. The molecule has 1 saturated carbocycles. The lowest BCUT2D eigenvalue weighted by Gasteiger charge is -2.20. The number of hydrogen-bond acceptors (Lipinski definition) is 2. The zero-order valence-electron chi connectivity index (χ0n) is 10.3. The van der Waals surface area contributed by atoms with E-state index in [0.29, 0.717) is 5.92 Å². The highest BCUT2D eigenvalue weighted by Gasteiger charge is 2.36. The third kappa shape index (κ3) is 3.07. The molecule has 1 aliphatic carbocycles. The van der Waals surface area contributed by atoms with Gasteiger partial charge in [-0.25, -0.2) is 0 Å². The summed E-state index contributed by atoms with van der Waals surface area (Å²) in [6.45, 7) is 4.07. The molecule has 0 spiro atoms. The van der Waals surface area contributed by atoms with Crippen LogP contribution in [-0.4, -0.2) is 17.1 Å². The second-order valence-corrected chi connectivity index (χ2v) is 4.96. The van der Waals surface area contributed by atoms with Crippen molar-refractivity contribution >= 4 is 5.97 Å². The quantitative estimate of drug-likeness (QED) is 0.821. The standard InChI is InChI=1S/C14H19NO2/c1-9-4-3-5-12(8-9)10(2)15-13(14(16)17)11-6-7-11/h3-5,8,10-11,13,15H,6-7H2,1-2H3,(H,16,17)/t10-,13?/m0/s1. The van der Waals surface area contributed by atoms with Gasteiger partial charge in [0.1, 0.15) is 6.04 Å². The fourth-order valence-electron chi connectivity index (χ4n) is 2.14. The SMILES string of the molecule is Cc1cccc([C@H](C)NC(C(=O)O)C2CC2)c1. The van der Waals surface area contributed by atoms with E-state index in [4.69, 9.17) is 0 Å². The van der Waals surface area contributed by atoms with Gasteiger partial charge in [-0.3, -0.25) is 10.1 Å². The van der Waals surface area contributed by atoms with Crippen molar-refractivity contribution in [1.29, 1.82) is 0 Å². The van der Waals surface area contributed by atoms with E-state index in [1.807, 2.05) is 32.0 Å². The molecular formula is C14H19NO2. The predicted octanol–water partition coefficient (Wildman–Crippen LogP) is 2.51. The lowest BCUT2D eigenvalue weighted by molar-refractivity contribution is -0.140. The molecule has 92 valence electrons. The Hall–Kier alpha value is -1.35. The van der Waals surface area contributed by atoms with Gasteiger partial charge < -0.3 is 5.11 Å². The molecule has 2 rings (SSSR count). The summed E-state index contributed by atoms with van der Waals surface area (Å²) < 4.78 is 0. The number of hydrogen-bond donors (Lipinski definition) is 2. The molecule has 0 saturated heterocycles. The maximum atomic E-state index is 11.2. The van der Waals surface area contributed by atoms with Crippen LogP contribution in [0.3, 0.4) is 0 Å². The van der Waals surface area contributed by atoms with Crippen molar-refractivity contribution in [2.75, 3.05) is 0 Å². The zero-order chi connectivity index (χ0) is 12.4. The monoisotopic (exact) mass is 233 g/mol. The van der Waals surface area contributed by atoms with Gasteiger partial charge in [-0.2, -0.15) is 0 Å². The first kappa shape index (κ1) is 12.1. The molecule has 0 bridgehead atoms. The molecule has 1 unspecified atom stereocenters. The summed E-state index contributed by atoms with van der Waals surface area (Å²) in [6, 6.07) is 7.88. The van der Waals surface area contributed by atoms with Crippen LogP contribution in [0.5, 0.6) is 0 Å². The van der Waals surface area contributed by atoms with Crippen molar-refractivity contribution in [3.05, 3.63) is 35.4 Å². The number of nitrogens with one attached hydrogen (secondary N) is 1. The molecule has 1 aromatic rings. The Morgan fingerprint density at radius 1 is 1.47 bits per heavy atom. The molecule has 1 aromatic carbocycles. The number of carbonyl (C=O) groups is 1. The third-order valence-electron chi connectivity index (χ3n) is 3.33. The van der Waals surface area contributed by atoms with E-state index in [1.165, 1.54) is 5.56 Å². The fourth-order valence-corrected chi connectivity index (χ4v) is 2.14. The zero-order valence-corrected chi connectivity index (χ0v) is 10.3. The van der Waals surface area contributed by atoms with E-state index >= 15 is 0 Å². The number of carboxylic acid groups (broad SMARTS) is 1. The summed E-state index contributed by atoms with van der Waals surface area (Å²) in [5.74, 6) is -0.410. The summed E-state index contributed by atoms with van der Waals surface area (Å²) in [4.78, 5) is 11.2. The summed E-state index contributed by atoms with van der Waals surface area (Å²) >= 11 is 0. The first-order chi connectivity index (χ1) is 8.08. The Kier molecular flexibility index (Phi) is 3.48. The molecule has 2 N–H and O–H groups in total. The van der Waals surface area contributed by atoms with Crippen molar-refractivity contribution in [3.8, 4) is 0 Å². The highest BCUT2D eigenvalue weighted by Crippen LogP contribution is 2.33. The summed E-state index contributed by atoms with van der Waals surface area (Å²) in [5.41, 5.74) is 2.35. The molecule has 2 atom stereocenters. The number of rotatable bonds is 5. The van der Waals surface area contributed by atoms with Crippen LogP contribution >= 0.6 is 0 Å². The van der Waals surface area contributed by atoms with Gasteiger partial charge >= 0.3 is 5.97 Å². The molecule has 1 fully saturated rings. The van der Waals surface area contributed by atoms with Crippen molar-refractivity contribution in [2.24, 2.45) is 5.92 Å². The topological polar surface area (TPSA) is 49.3 Å². The van der Waals surface area contributed by atoms with Gasteiger partial charge in [0.15, 0.2) is 0 Å². The smallest absolute Gasteiger partial charge is 0.320 e. The van der Waals surface area contributed by atoms with E-state index in [2.05, 4.69) is 11.4 Å². The Morgan fingerprint density at radius 2 is 2.18 bits per heavy atom. The number of aliphatic carboxylic acids is 1. The van der Waals surface area contributed by atoms with Crippen LogP contribution < -0.4 is 5.32 Å². The fraction of sp³-hybridized carbons (Fsp3) is 0.500. The Labute approximate surface area is 102 Å². The van der Waals surface area contributed by atoms with Gasteiger partial charge in [0.05, 0.1) is 0 Å². The van der Waals surface area contributed by atoms with E-state index < -0.39 is 12.0 Å². The minimum Gasteiger partial charge on any atom is -0.480 e. The van der Waals surface area contributed by atoms with Crippen LogP contribution in [0.2, 0.25) is 0 Å². The van der Waals surface area contributed by atoms with Crippen molar-refractivity contribution in [1.82, 2.24) is 5.32 Å². The van der Waals surface area contributed by atoms with Gasteiger partial charge in [-0.05, 0) is 38.2 Å². The molecule has 3 nitrogen and oxygen atoms in total. The molecule has 3 heteroatoms.